The van der Waals surface area contributed by atoms with E-state index >= 15 is 0 Å². The molecule has 1 saturated heterocycles. The second-order valence-corrected chi connectivity index (χ2v) is 13.5. The highest BCUT2D eigenvalue weighted by Crippen LogP contribution is 2.25. The fourth-order valence-electron chi connectivity index (χ4n) is 4.91. The minimum atomic E-state index is -1.01. The monoisotopic (exact) mass is 611 g/mol. The quantitative estimate of drug-likeness (QED) is 0.274. The number of carbonyl (C=O) groups excluding carboxylic acids is 5. The summed E-state index contributed by atoms with van der Waals surface area (Å²) in [5.41, 5.74) is 0.825. The second kappa shape index (κ2) is 15.2. The molecule has 4 rings (SSSR count). The van der Waals surface area contributed by atoms with Gasteiger partial charge in [0.25, 0.3) is 0 Å². The Morgan fingerprint density at radius 1 is 0.905 bits per heavy atom. The predicted molar refractivity (Wildman–Crippen MR) is 166 cm³/mol. The topological polar surface area (TPSA) is 131 Å². The Morgan fingerprint density at radius 3 is 2.48 bits per heavy atom. The van der Waals surface area contributed by atoms with Crippen LogP contribution in [0.3, 0.4) is 0 Å². The summed E-state index contributed by atoms with van der Waals surface area (Å²) >= 11 is 0. The molecule has 0 aromatic heterocycles. The van der Waals surface area contributed by atoms with Crippen LogP contribution < -0.4 is 16.0 Å². The first-order valence-electron chi connectivity index (χ1n) is 14.2. The van der Waals surface area contributed by atoms with Gasteiger partial charge in [-0.25, -0.2) is 0 Å². The zero-order valence-corrected chi connectivity index (χ0v) is 25.4. The molecule has 0 radical (unpaired) electrons. The van der Waals surface area contributed by atoms with E-state index in [1.165, 1.54) is 10.8 Å². The third kappa shape index (κ3) is 9.09. The first-order chi connectivity index (χ1) is 20.2. The van der Waals surface area contributed by atoms with Crippen LogP contribution in [-0.2, 0) is 35.1 Å². The smallest absolute Gasteiger partial charge is 0.326 e. The van der Waals surface area contributed by atoms with Gasteiger partial charge >= 0.3 is 5.97 Å². The summed E-state index contributed by atoms with van der Waals surface area (Å²) in [6.07, 6.45) is 3.47. The number of benzene rings is 2. The molecule has 224 valence electrons. The van der Waals surface area contributed by atoms with Gasteiger partial charge in [-0.2, -0.15) is 0 Å². The number of Topliss-reactive ketones (excluding diaryl/α,β-unsaturated/α-hetero) is 1. The Morgan fingerprint density at radius 2 is 1.69 bits per heavy atom. The SMILES string of the molecule is CC(C)[C@H]1CC(=O)CC2/C=C/CCSSCC(NC1=O)C(=O)N[C@H](Cc1ccc3ccccc3c1)C(=O)NCC(=O)O2. The van der Waals surface area contributed by atoms with E-state index in [1.807, 2.05) is 62.4 Å². The highest BCUT2D eigenvalue weighted by molar-refractivity contribution is 8.76. The maximum atomic E-state index is 13.6. The van der Waals surface area contributed by atoms with Crippen LogP contribution in [0.25, 0.3) is 10.8 Å². The summed E-state index contributed by atoms with van der Waals surface area (Å²) in [6.45, 7) is 3.29. The summed E-state index contributed by atoms with van der Waals surface area (Å²) < 4.78 is 5.57. The van der Waals surface area contributed by atoms with Gasteiger partial charge in [0.2, 0.25) is 17.7 Å². The number of ketones is 1. The molecule has 11 heteroatoms. The lowest BCUT2D eigenvalue weighted by atomic mass is 9.88. The molecule has 0 saturated carbocycles. The molecule has 2 bridgehead atoms. The van der Waals surface area contributed by atoms with Crippen molar-refractivity contribution in [3.8, 4) is 0 Å². The van der Waals surface area contributed by atoms with Crippen molar-refractivity contribution in [1.29, 1.82) is 0 Å². The summed E-state index contributed by atoms with van der Waals surface area (Å²) in [5.74, 6) is -2.22. The van der Waals surface area contributed by atoms with Crippen molar-refractivity contribution in [3.05, 3.63) is 60.2 Å². The largest absolute Gasteiger partial charge is 0.456 e. The minimum absolute atomic E-state index is 0.0387. The zero-order chi connectivity index (χ0) is 30.1. The van der Waals surface area contributed by atoms with Gasteiger partial charge in [0, 0.05) is 36.7 Å². The molecule has 0 spiro atoms. The van der Waals surface area contributed by atoms with Crippen molar-refractivity contribution >= 4 is 61.8 Å². The van der Waals surface area contributed by atoms with Crippen LogP contribution in [0.15, 0.2) is 54.6 Å². The van der Waals surface area contributed by atoms with Gasteiger partial charge in [0.05, 0.1) is 0 Å². The molecule has 2 aliphatic heterocycles. The van der Waals surface area contributed by atoms with Gasteiger partial charge in [0.15, 0.2) is 0 Å². The molecule has 0 aliphatic carbocycles. The minimum Gasteiger partial charge on any atom is -0.456 e. The number of amides is 3. The molecule has 2 heterocycles. The van der Waals surface area contributed by atoms with E-state index < -0.39 is 54.3 Å². The van der Waals surface area contributed by atoms with Gasteiger partial charge in [-0.15, -0.1) is 0 Å². The summed E-state index contributed by atoms with van der Waals surface area (Å²) in [6, 6.07) is 11.7. The third-order valence-electron chi connectivity index (χ3n) is 7.26. The summed E-state index contributed by atoms with van der Waals surface area (Å²) in [7, 11) is 3.01. The molecular formula is C31H37N3O6S2. The molecule has 3 amide bonds. The molecule has 4 atom stereocenters. The highest BCUT2D eigenvalue weighted by Gasteiger charge is 2.32. The van der Waals surface area contributed by atoms with Crippen molar-refractivity contribution in [2.45, 2.75) is 57.7 Å². The molecule has 1 fully saturated rings. The predicted octanol–water partition coefficient (Wildman–Crippen LogP) is 3.36. The Hall–Kier alpha value is -3.31. The number of ether oxygens (including phenoxy) is 1. The molecule has 2 unspecified atom stereocenters. The molecule has 42 heavy (non-hydrogen) atoms. The number of carbonyl (C=O) groups is 5. The first kappa shape index (κ1) is 31.6. The van der Waals surface area contributed by atoms with Crippen LogP contribution >= 0.6 is 21.6 Å². The fraction of sp³-hybridized carbons (Fsp3) is 0.452. The average Bonchev–Trinajstić information content (AvgIpc) is 2.96. The van der Waals surface area contributed by atoms with E-state index in [0.29, 0.717) is 6.42 Å². The van der Waals surface area contributed by atoms with Gasteiger partial charge in [-0.3, -0.25) is 24.0 Å². The average molecular weight is 612 g/mol. The van der Waals surface area contributed by atoms with Crippen LogP contribution in [0.1, 0.15) is 38.7 Å². The Labute approximate surface area is 253 Å². The zero-order valence-electron chi connectivity index (χ0n) is 23.8. The highest BCUT2D eigenvalue weighted by atomic mass is 33.1. The molecule has 2 aliphatic rings. The maximum Gasteiger partial charge on any atom is 0.326 e. The molecule has 2 aromatic rings. The normalized spacial score (nSPS) is 26.1. The molecular weight excluding hydrogens is 574 g/mol. The van der Waals surface area contributed by atoms with E-state index in [-0.39, 0.29) is 36.7 Å². The molecule has 3 N–H and O–H groups in total. The Bertz CT molecular complexity index is 1350. The van der Waals surface area contributed by atoms with Crippen LogP contribution in [0.2, 0.25) is 0 Å². The van der Waals surface area contributed by atoms with Crippen molar-refractivity contribution in [1.82, 2.24) is 16.0 Å². The van der Waals surface area contributed by atoms with E-state index in [2.05, 4.69) is 16.0 Å². The number of nitrogens with one attached hydrogen (secondary N) is 3. The van der Waals surface area contributed by atoms with E-state index in [1.54, 1.807) is 16.9 Å². The molecule has 2 aromatic carbocycles. The van der Waals surface area contributed by atoms with Gasteiger partial charge in [0.1, 0.15) is 30.5 Å². The molecule has 9 nitrogen and oxygen atoms in total. The number of fused-ring (bicyclic) bond motifs is 8. The number of rotatable bonds is 3. The number of allylic oxidation sites excluding steroid dienone is 1. The summed E-state index contributed by atoms with van der Waals surface area (Å²) in [4.78, 5) is 66.2. The lowest BCUT2D eigenvalue weighted by Gasteiger charge is -2.26. The van der Waals surface area contributed by atoms with Crippen LogP contribution in [0.5, 0.6) is 0 Å². The van der Waals surface area contributed by atoms with Crippen molar-refractivity contribution in [3.63, 3.8) is 0 Å². The lowest BCUT2D eigenvalue weighted by Crippen LogP contribution is -2.56. The van der Waals surface area contributed by atoms with Gasteiger partial charge in [-0.05, 0) is 34.8 Å². The van der Waals surface area contributed by atoms with Crippen molar-refractivity contribution < 1.29 is 28.7 Å². The van der Waals surface area contributed by atoms with Crippen LogP contribution in [0.4, 0.5) is 0 Å². The maximum absolute atomic E-state index is 13.6. The third-order valence-corrected chi connectivity index (χ3v) is 9.71. The lowest BCUT2D eigenvalue weighted by molar-refractivity contribution is -0.148. The van der Waals surface area contributed by atoms with Crippen LogP contribution in [0, 0.1) is 11.8 Å². The van der Waals surface area contributed by atoms with Crippen LogP contribution in [-0.4, -0.2) is 65.7 Å². The first-order valence-corrected chi connectivity index (χ1v) is 16.7. The number of hydrogen-bond donors (Lipinski definition) is 3. The van der Waals surface area contributed by atoms with E-state index in [4.69, 9.17) is 4.74 Å². The Balaban J connectivity index is 1.67. The Kier molecular flexibility index (Phi) is 11.5. The number of hydrogen-bond acceptors (Lipinski definition) is 8. The van der Waals surface area contributed by atoms with Crippen molar-refractivity contribution in [2.24, 2.45) is 11.8 Å². The van der Waals surface area contributed by atoms with E-state index in [9.17, 15) is 24.0 Å². The number of esters is 1. The standard InChI is InChI=1S/C31H37N3O6S2/c1-19(2)25-16-23(35)15-24-9-5-6-12-41-42-18-27(34-29(25)37)31(39)33-26(30(38)32-17-28(36)40-24)14-20-10-11-21-7-3-4-8-22(21)13-20/h3-5,7-11,13,19,24-27H,6,12,14-18H2,1-2H3,(H,32,38)(H,33,39)(H,34,37)/b9-5+/t24?,25-,26-,27?/m1/s1. The van der Waals surface area contributed by atoms with Crippen molar-refractivity contribution in [2.75, 3.05) is 18.1 Å². The second-order valence-electron chi connectivity index (χ2n) is 10.9. The van der Waals surface area contributed by atoms with E-state index in [0.717, 1.165) is 22.1 Å². The summed E-state index contributed by atoms with van der Waals surface area (Å²) in [5, 5.41) is 10.3. The van der Waals surface area contributed by atoms with Gasteiger partial charge in [-0.1, -0.05) is 84.0 Å². The van der Waals surface area contributed by atoms with Gasteiger partial charge < -0.3 is 20.7 Å². The fourth-order valence-corrected chi connectivity index (χ4v) is 7.07.